The van der Waals surface area contributed by atoms with Gasteiger partial charge in [0.15, 0.2) is 5.69 Å². The van der Waals surface area contributed by atoms with Crippen LogP contribution in [0.2, 0.25) is 0 Å². The van der Waals surface area contributed by atoms with Crippen molar-refractivity contribution in [3.8, 4) is 5.69 Å². The van der Waals surface area contributed by atoms with E-state index in [1.165, 1.54) is 6.07 Å². The number of halogens is 1. The number of carbonyl (C=O) groups is 2. The number of nitrogens with one attached hydrogen (secondary N) is 1. The highest BCUT2D eigenvalue weighted by molar-refractivity contribution is 5.94. The molecule has 1 aliphatic carbocycles. The van der Waals surface area contributed by atoms with E-state index >= 15 is 0 Å². The third-order valence-electron chi connectivity index (χ3n) is 6.26. The lowest BCUT2D eigenvalue weighted by Crippen LogP contribution is -2.51. The van der Waals surface area contributed by atoms with Gasteiger partial charge in [-0.05, 0) is 44.7 Å². The van der Waals surface area contributed by atoms with E-state index in [0.29, 0.717) is 44.1 Å². The Morgan fingerprint density at radius 3 is 2.61 bits per heavy atom. The molecule has 2 heterocycles. The number of para-hydroxylation sites is 1. The van der Waals surface area contributed by atoms with E-state index in [1.54, 1.807) is 27.8 Å². The van der Waals surface area contributed by atoms with Crippen LogP contribution in [0.1, 0.15) is 48.4 Å². The molecule has 0 spiro atoms. The van der Waals surface area contributed by atoms with Crippen LogP contribution in [0.4, 0.5) is 4.39 Å². The molecule has 1 aliphatic heterocycles. The standard InChI is InChI=1S/C23H30FN5O2/c1-3-16(2)25-21(30)15-27-11-13-28(14-12-27)23(31)22-17-7-6-10-19(17)29(26-22)20-9-5-4-8-18(20)24/h4-5,8-9,16H,3,6-7,10-15H2,1-2H3,(H,25,30). The minimum atomic E-state index is -0.344. The van der Waals surface area contributed by atoms with Crippen molar-refractivity contribution in [2.45, 2.75) is 45.6 Å². The molecular weight excluding hydrogens is 397 g/mol. The number of amides is 2. The Morgan fingerprint density at radius 2 is 1.90 bits per heavy atom. The number of aromatic nitrogens is 2. The van der Waals surface area contributed by atoms with Crippen LogP contribution < -0.4 is 5.32 Å². The van der Waals surface area contributed by atoms with E-state index in [4.69, 9.17) is 0 Å². The molecule has 0 bridgehead atoms. The minimum absolute atomic E-state index is 0.0237. The van der Waals surface area contributed by atoms with Gasteiger partial charge >= 0.3 is 0 Å². The van der Waals surface area contributed by atoms with E-state index in [2.05, 4.69) is 15.3 Å². The Kier molecular flexibility index (Phi) is 6.36. The molecule has 7 nitrogen and oxygen atoms in total. The lowest BCUT2D eigenvalue weighted by atomic mass is 10.1. The SMILES string of the molecule is CCC(C)NC(=O)CN1CCN(C(=O)c2nn(-c3ccccc3F)c3c2CCC3)CC1. The Bertz CT molecular complexity index is 965. The monoisotopic (exact) mass is 427 g/mol. The lowest BCUT2D eigenvalue weighted by Gasteiger charge is -2.34. The maximum atomic E-state index is 14.4. The average Bonchev–Trinajstić information content (AvgIpc) is 3.37. The Balaban J connectivity index is 1.44. The maximum Gasteiger partial charge on any atom is 0.274 e. The predicted octanol–water partition coefficient (Wildman–Crippen LogP) is 2.17. The number of benzene rings is 1. The summed E-state index contributed by atoms with van der Waals surface area (Å²) >= 11 is 0. The minimum Gasteiger partial charge on any atom is -0.353 e. The summed E-state index contributed by atoms with van der Waals surface area (Å²) in [6, 6.07) is 6.70. The summed E-state index contributed by atoms with van der Waals surface area (Å²) in [4.78, 5) is 29.3. The highest BCUT2D eigenvalue weighted by Crippen LogP contribution is 2.29. The predicted molar refractivity (Wildman–Crippen MR) is 116 cm³/mol. The molecule has 1 atom stereocenters. The van der Waals surface area contributed by atoms with Crippen LogP contribution in [-0.4, -0.2) is 70.2 Å². The van der Waals surface area contributed by atoms with Crippen molar-refractivity contribution in [3.05, 3.63) is 47.0 Å². The molecule has 2 aromatic rings. The van der Waals surface area contributed by atoms with Crippen molar-refractivity contribution in [1.82, 2.24) is 24.9 Å². The first-order chi connectivity index (χ1) is 15.0. The smallest absolute Gasteiger partial charge is 0.274 e. The van der Waals surface area contributed by atoms with E-state index in [-0.39, 0.29) is 23.7 Å². The molecule has 1 N–H and O–H groups in total. The number of hydrogen-bond donors (Lipinski definition) is 1. The largest absolute Gasteiger partial charge is 0.353 e. The number of hydrogen-bond acceptors (Lipinski definition) is 4. The molecule has 0 saturated carbocycles. The first-order valence-corrected chi connectivity index (χ1v) is 11.1. The Morgan fingerprint density at radius 1 is 1.16 bits per heavy atom. The first kappa shape index (κ1) is 21.5. The first-order valence-electron chi connectivity index (χ1n) is 11.1. The Hall–Kier alpha value is -2.74. The van der Waals surface area contributed by atoms with Crippen LogP contribution in [0, 0.1) is 5.82 Å². The third kappa shape index (κ3) is 4.49. The summed E-state index contributed by atoms with van der Waals surface area (Å²) in [6.45, 7) is 6.79. The van der Waals surface area contributed by atoms with Gasteiger partial charge in [0.1, 0.15) is 11.5 Å². The maximum absolute atomic E-state index is 14.4. The summed E-state index contributed by atoms with van der Waals surface area (Å²) in [6.07, 6.45) is 3.43. The second-order valence-electron chi connectivity index (χ2n) is 8.44. The van der Waals surface area contributed by atoms with Gasteiger partial charge in [0.05, 0.1) is 6.54 Å². The summed E-state index contributed by atoms with van der Waals surface area (Å²) in [5.41, 5.74) is 2.72. The zero-order valence-electron chi connectivity index (χ0n) is 18.2. The zero-order chi connectivity index (χ0) is 22.0. The van der Waals surface area contributed by atoms with Gasteiger partial charge in [-0.1, -0.05) is 19.1 Å². The summed E-state index contributed by atoms with van der Waals surface area (Å²) in [5.74, 6) is -0.421. The van der Waals surface area contributed by atoms with E-state index in [1.807, 2.05) is 13.8 Å². The highest BCUT2D eigenvalue weighted by atomic mass is 19.1. The fourth-order valence-electron chi connectivity index (χ4n) is 4.32. The average molecular weight is 428 g/mol. The molecule has 1 fully saturated rings. The second kappa shape index (κ2) is 9.18. The van der Waals surface area contributed by atoms with Crippen LogP contribution in [0.5, 0.6) is 0 Å². The van der Waals surface area contributed by atoms with Crippen molar-refractivity contribution < 1.29 is 14.0 Å². The molecule has 31 heavy (non-hydrogen) atoms. The van der Waals surface area contributed by atoms with Gasteiger partial charge in [0, 0.05) is 43.5 Å². The molecule has 8 heteroatoms. The van der Waals surface area contributed by atoms with Gasteiger partial charge in [0.2, 0.25) is 5.91 Å². The number of fused-ring (bicyclic) bond motifs is 1. The van der Waals surface area contributed by atoms with Crippen molar-refractivity contribution in [2.24, 2.45) is 0 Å². The quantitative estimate of drug-likeness (QED) is 0.767. The highest BCUT2D eigenvalue weighted by Gasteiger charge is 2.31. The van der Waals surface area contributed by atoms with Crippen LogP contribution in [0.25, 0.3) is 5.69 Å². The summed E-state index contributed by atoms with van der Waals surface area (Å²) < 4.78 is 16.0. The number of piperazine rings is 1. The van der Waals surface area contributed by atoms with Crippen molar-refractivity contribution in [3.63, 3.8) is 0 Å². The summed E-state index contributed by atoms with van der Waals surface area (Å²) in [7, 11) is 0. The molecule has 166 valence electrons. The summed E-state index contributed by atoms with van der Waals surface area (Å²) in [5, 5.41) is 7.54. The van der Waals surface area contributed by atoms with Gasteiger partial charge in [-0.2, -0.15) is 5.10 Å². The molecule has 1 unspecified atom stereocenters. The van der Waals surface area contributed by atoms with Gasteiger partial charge in [0.25, 0.3) is 5.91 Å². The molecule has 1 aromatic carbocycles. The normalized spacial score (nSPS) is 17.5. The topological polar surface area (TPSA) is 70.5 Å². The molecule has 4 rings (SSSR count). The lowest BCUT2D eigenvalue weighted by molar-refractivity contribution is -0.123. The van der Waals surface area contributed by atoms with Gasteiger partial charge in [-0.25, -0.2) is 9.07 Å². The van der Waals surface area contributed by atoms with Crippen LogP contribution in [-0.2, 0) is 17.6 Å². The van der Waals surface area contributed by atoms with Crippen molar-refractivity contribution >= 4 is 11.8 Å². The molecule has 2 amide bonds. The van der Waals surface area contributed by atoms with Crippen LogP contribution >= 0.6 is 0 Å². The molecular formula is C23H30FN5O2. The fourth-order valence-corrected chi connectivity index (χ4v) is 4.32. The van der Waals surface area contributed by atoms with E-state index in [9.17, 15) is 14.0 Å². The molecule has 2 aliphatic rings. The van der Waals surface area contributed by atoms with E-state index < -0.39 is 0 Å². The van der Waals surface area contributed by atoms with Crippen LogP contribution in [0.15, 0.2) is 24.3 Å². The van der Waals surface area contributed by atoms with Crippen molar-refractivity contribution in [1.29, 1.82) is 0 Å². The number of carbonyl (C=O) groups excluding carboxylic acids is 2. The third-order valence-corrected chi connectivity index (χ3v) is 6.26. The van der Waals surface area contributed by atoms with Crippen molar-refractivity contribution in [2.75, 3.05) is 32.7 Å². The van der Waals surface area contributed by atoms with E-state index in [0.717, 1.165) is 36.9 Å². The number of rotatable bonds is 6. The zero-order valence-corrected chi connectivity index (χ0v) is 18.2. The fraction of sp³-hybridized carbons (Fsp3) is 0.522. The second-order valence-corrected chi connectivity index (χ2v) is 8.44. The molecule has 1 aromatic heterocycles. The Labute approximate surface area is 182 Å². The number of nitrogens with zero attached hydrogens (tertiary/aromatic N) is 4. The molecule has 1 saturated heterocycles. The molecule has 0 radical (unpaired) electrons. The van der Waals surface area contributed by atoms with Gasteiger partial charge < -0.3 is 10.2 Å². The van der Waals surface area contributed by atoms with Gasteiger partial charge in [-0.3, -0.25) is 14.5 Å². The van der Waals surface area contributed by atoms with Crippen LogP contribution in [0.3, 0.4) is 0 Å². The van der Waals surface area contributed by atoms with Gasteiger partial charge in [-0.15, -0.1) is 0 Å².